The lowest BCUT2D eigenvalue weighted by Crippen LogP contribution is -2.52. The maximum atomic E-state index is 11.8. The van der Waals surface area contributed by atoms with Crippen molar-refractivity contribution in [2.75, 3.05) is 25.9 Å². The van der Waals surface area contributed by atoms with Crippen molar-refractivity contribution in [3.63, 3.8) is 0 Å². The van der Waals surface area contributed by atoms with Crippen LogP contribution in [0.3, 0.4) is 0 Å². The van der Waals surface area contributed by atoms with Crippen molar-refractivity contribution in [3.05, 3.63) is 0 Å². The van der Waals surface area contributed by atoms with E-state index >= 15 is 0 Å². The van der Waals surface area contributed by atoms with Gasteiger partial charge in [-0.2, -0.15) is 0 Å². The third kappa shape index (κ3) is 3.87. The zero-order valence-corrected chi connectivity index (χ0v) is 11.6. The third-order valence-electron chi connectivity index (χ3n) is 2.45. The monoisotopic (exact) mass is 246 g/mol. The van der Waals surface area contributed by atoms with E-state index in [0.29, 0.717) is 6.04 Å². The fourth-order valence-electron chi connectivity index (χ4n) is 1.70. The summed E-state index contributed by atoms with van der Waals surface area (Å²) >= 11 is 1.74. The van der Waals surface area contributed by atoms with Crippen molar-refractivity contribution >= 4 is 18.0 Å². The minimum absolute atomic E-state index is 0.194. The molecule has 1 atom stereocenters. The Hall–Kier alpha value is -0.420. The summed E-state index contributed by atoms with van der Waals surface area (Å²) in [6.07, 6.45) is 1.87. The molecule has 1 rings (SSSR count). The summed E-state index contributed by atoms with van der Waals surface area (Å²) in [6, 6.07) is 0.385. The van der Waals surface area contributed by atoms with Gasteiger partial charge in [-0.15, -0.1) is 0 Å². The van der Waals surface area contributed by atoms with Gasteiger partial charge in [0.15, 0.2) is 0 Å². The molecule has 4 nitrogen and oxygen atoms in total. The first kappa shape index (κ1) is 13.6. The molecule has 0 saturated carbocycles. The van der Waals surface area contributed by atoms with Gasteiger partial charge in [0.25, 0.3) is 0 Å². The van der Waals surface area contributed by atoms with Crippen molar-refractivity contribution in [1.82, 2.24) is 9.21 Å². The van der Waals surface area contributed by atoms with E-state index in [1.165, 1.54) is 0 Å². The summed E-state index contributed by atoms with van der Waals surface area (Å²) in [5.41, 5.74) is -0.406. The highest BCUT2D eigenvalue weighted by molar-refractivity contribution is 7.96. The van der Waals surface area contributed by atoms with Gasteiger partial charge in [0.05, 0.1) is 0 Å². The fourth-order valence-corrected chi connectivity index (χ4v) is 2.40. The fraction of sp³-hybridized carbons (Fsp3) is 0.909. The third-order valence-corrected chi connectivity index (χ3v) is 3.46. The summed E-state index contributed by atoms with van der Waals surface area (Å²) in [5, 5.41) is 0. The maximum absolute atomic E-state index is 11.8. The molecule has 5 heteroatoms. The lowest BCUT2D eigenvalue weighted by atomic mass is 10.2. The van der Waals surface area contributed by atoms with Gasteiger partial charge in [0.1, 0.15) is 5.60 Å². The van der Waals surface area contributed by atoms with E-state index in [9.17, 15) is 4.79 Å². The second kappa shape index (κ2) is 5.27. The smallest absolute Gasteiger partial charge is 0.410 e. The second-order valence-electron chi connectivity index (χ2n) is 5.10. The van der Waals surface area contributed by atoms with Gasteiger partial charge < -0.3 is 9.64 Å². The van der Waals surface area contributed by atoms with Crippen LogP contribution in [0, 0.1) is 0 Å². The van der Waals surface area contributed by atoms with E-state index in [1.807, 2.05) is 20.8 Å². The Morgan fingerprint density at radius 1 is 1.38 bits per heavy atom. The molecule has 0 aromatic heterocycles. The molecule has 1 aliphatic rings. The Morgan fingerprint density at radius 3 is 2.44 bits per heavy atom. The Morgan fingerprint density at radius 2 is 2.00 bits per heavy atom. The molecule has 0 aliphatic carbocycles. The van der Waals surface area contributed by atoms with Gasteiger partial charge in [-0.05, 0) is 34.0 Å². The lowest BCUT2D eigenvalue weighted by molar-refractivity contribution is 0.0151. The maximum Gasteiger partial charge on any atom is 0.410 e. The highest BCUT2D eigenvalue weighted by Crippen LogP contribution is 2.18. The van der Waals surface area contributed by atoms with Gasteiger partial charge in [0.2, 0.25) is 0 Å². The van der Waals surface area contributed by atoms with Gasteiger partial charge >= 0.3 is 6.09 Å². The topological polar surface area (TPSA) is 32.8 Å². The van der Waals surface area contributed by atoms with Crippen LogP contribution in [-0.2, 0) is 4.74 Å². The number of piperazine rings is 1. The van der Waals surface area contributed by atoms with Gasteiger partial charge in [0, 0.05) is 25.7 Å². The molecule has 0 unspecified atom stereocenters. The van der Waals surface area contributed by atoms with Crippen molar-refractivity contribution in [1.29, 1.82) is 0 Å². The first-order chi connectivity index (χ1) is 7.33. The normalized spacial score (nSPS) is 23.3. The summed E-state index contributed by atoms with van der Waals surface area (Å²) in [7, 11) is 0. The minimum atomic E-state index is -0.406. The molecule has 0 radical (unpaired) electrons. The van der Waals surface area contributed by atoms with Crippen molar-refractivity contribution in [3.8, 4) is 0 Å². The molecular weight excluding hydrogens is 224 g/mol. The number of hydrogen-bond acceptors (Lipinski definition) is 4. The molecule has 16 heavy (non-hydrogen) atoms. The van der Waals surface area contributed by atoms with Gasteiger partial charge in [-0.25, -0.2) is 9.10 Å². The Bertz CT molecular complexity index is 253. The highest BCUT2D eigenvalue weighted by Gasteiger charge is 2.29. The van der Waals surface area contributed by atoms with Crippen LogP contribution in [0.15, 0.2) is 0 Å². The van der Waals surface area contributed by atoms with E-state index in [2.05, 4.69) is 17.5 Å². The molecule has 94 valence electrons. The molecule has 1 heterocycles. The number of hydrogen-bond donors (Lipinski definition) is 0. The van der Waals surface area contributed by atoms with E-state index < -0.39 is 5.60 Å². The average molecular weight is 246 g/mol. The van der Waals surface area contributed by atoms with E-state index in [4.69, 9.17) is 4.74 Å². The molecule has 0 spiro atoms. The standard InChI is InChI=1S/C11H22N2O2S/c1-9-8-12(6-7-13(9)16-5)10(14)15-11(2,3)4/h9H,6-8H2,1-5H3/t9-/m0/s1. The molecule has 1 amide bonds. The lowest BCUT2D eigenvalue weighted by Gasteiger charge is -2.38. The summed E-state index contributed by atoms with van der Waals surface area (Å²) in [4.78, 5) is 13.6. The van der Waals surface area contributed by atoms with Gasteiger partial charge in [-0.1, -0.05) is 11.9 Å². The van der Waals surface area contributed by atoms with Crippen LogP contribution in [-0.4, -0.2) is 52.8 Å². The molecule has 0 aromatic carbocycles. The van der Waals surface area contributed by atoms with Crippen LogP contribution in [0.1, 0.15) is 27.7 Å². The summed E-state index contributed by atoms with van der Waals surface area (Å²) in [6.45, 7) is 10.2. The molecule has 1 saturated heterocycles. The first-order valence-corrected chi connectivity index (χ1v) is 6.80. The Labute approximate surface area is 102 Å². The van der Waals surface area contributed by atoms with Crippen molar-refractivity contribution in [2.24, 2.45) is 0 Å². The zero-order chi connectivity index (χ0) is 12.3. The predicted octanol–water partition coefficient (Wildman–Crippen LogP) is 2.21. The van der Waals surface area contributed by atoms with Crippen molar-refractivity contribution in [2.45, 2.75) is 39.3 Å². The molecule has 0 N–H and O–H groups in total. The van der Waals surface area contributed by atoms with Crippen LogP contribution in [0.25, 0.3) is 0 Å². The molecule has 0 aromatic rings. The number of amides is 1. The van der Waals surface area contributed by atoms with Crippen molar-refractivity contribution < 1.29 is 9.53 Å². The highest BCUT2D eigenvalue weighted by atomic mass is 32.2. The van der Waals surface area contributed by atoms with Crippen LogP contribution >= 0.6 is 11.9 Å². The van der Waals surface area contributed by atoms with Gasteiger partial charge in [-0.3, -0.25) is 0 Å². The number of carbonyl (C=O) groups excluding carboxylic acids is 1. The molecule has 1 aliphatic heterocycles. The summed E-state index contributed by atoms with van der Waals surface area (Å²) < 4.78 is 7.65. The molecule has 0 bridgehead atoms. The van der Waals surface area contributed by atoms with E-state index in [0.717, 1.165) is 19.6 Å². The molecule has 1 fully saturated rings. The summed E-state index contributed by atoms with van der Waals surface area (Å²) in [5.74, 6) is 0. The number of carbonyl (C=O) groups is 1. The molecular formula is C11H22N2O2S. The second-order valence-corrected chi connectivity index (χ2v) is 5.93. The van der Waals surface area contributed by atoms with Crippen LogP contribution in [0.2, 0.25) is 0 Å². The SMILES string of the molecule is CSN1CCN(C(=O)OC(C)(C)C)C[C@@H]1C. The Kier molecular flexibility index (Phi) is 4.50. The first-order valence-electron chi connectivity index (χ1n) is 5.62. The van der Waals surface area contributed by atoms with Crippen LogP contribution in [0.5, 0.6) is 0 Å². The minimum Gasteiger partial charge on any atom is -0.444 e. The van der Waals surface area contributed by atoms with E-state index in [1.54, 1.807) is 16.8 Å². The van der Waals surface area contributed by atoms with E-state index in [-0.39, 0.29) is 6.09 Å². The predicted molar refractivity (Wildman–Crippen MR) is 67.5 cm³/mol. The number of nitrogens with zero attached hydrogens (tertiary/aromatic N) is 2. The number of ether oxygens (including phenoxy) is 1. The zero-order valence-electron chi connectivity index (χ0n) is 10.8. The van der Waals surface area contributed by atoms with Crippen LogP contribution < -0.4 is 0 Å². The largest absolute Gasteiger partial charge is 0.444 e. The Balaban J connectivity index is 2.48. The average Bonchev–Trinajstić information content (AvgIpc) is 2.15. The number of rotatable bonds is 1. The van der Waals surface area contributed by atoms with Crippen LogP contribution in [0.4, 0.5) is 4.79 Å². The quantitative estimate of drug-likeness (QED) is 0.664.